The number of methoxy groups -OCH3 is 1. The summed E-state index contributed by atoms with van der Waals surface area (Å²) < 4.78 is 5.50. The molecule has 1 aliphatic heterocycles. The molecule has 0 aromatic carbocycles. The van der Waals surface area contributed by atoms with Crippen molar-refractivity contribution in [2.24, 2.45) is 5.92 Å². The number of carbonyl (C=O) groups excluding carboxylic acids is 1. The lowest BCUT2D eigenvalue weighted by Gasteiger charge is -2.02. The number of rotatable bonds is 1. The zero-order valence-electron chi connectivity index (χ0n) is 5.62. The van der Waals surface area contributed by atoms with Crippen molar-refractivity contribution < 1.29 is 9.53 Å². The first-order chi connectivity index (χ1) is 4.74. The van der Waals surface area contributed by atoms with Crippen LogP contribution in [0.1, 0.15) is 6.42 Å². The SMILES string of the molecule is COC(=O)C1CSC(=S)C1. The van der Waals surface area contributed by atoms with E-state index in [-0.39, 0.29) is 11.9 Å². The third-order valence-corrected chi connectivity index (χ3v) is 2.97. The van der Waals surface area contributed by atoms with E-state index in [1.807, 2.05) is 0 Å². The molecule has 4 heteroatoms. The summed E-state index contributed by atoms with van der Waals surface area (Å²) >= 11 is 6.50. The molecule has 56 valence electrons. The maximum Gasteiger partial charge on any atom is 0.309 e. The van der Waals surface area contributed by atoms with Crippen LogP contribution in [0.5, 0.6) is 0 Å². The average molecular weight is 176 g/mol. The molecular weight excluding hydrogens is 168 g/mol. The van der Waals surface area contributed by atoms with Gasteiger partial charge in [-0.15, -0.1) is 11.8 Å². The largest absolute Gasteiger partial charge is 0.469 e. The standard InChI is InChI=1S/C6H8O2S2/c1-8-6(7)4-2-5(9)10-3-4/h4H,2-3H2,1H3. The fourth-order valence-electron chi connectivity index (χ4n) is 0.831. The van der Waals surface area contributed by atoms with Gasteiger partial charge in [0.25, 0.3) is 0 Å². The molecule has 10 heavy (non-hydrogen) atoms. The zero-order valence-corrected chi connectivity index (χ0v) is 7.26. The van der Waals surface area contributed by atoms with E-state index in [1.165, 1.54) is 7.11 Å². The molecule has 1 aliphatic rings. The lowest BCUT2D eigenvalue weighted by atomic mass is 10.1. The molecule has 1 saturated heterocycles. The second-order valence-corrected chi connectivity index (χ2v) is 3.97. The lowest BCUT2D eigenvalue weighted by molar-refractivity contribution is -0.144. The quantitative estimate of drug-likeness (QED) is 0.443. The molecule has 0 radical (unpaired) electrons. The Bertz CT molecular complexity index is 167. The molecule has 1 fully saturated rings. The molecule has 0 N–H and O–H groups in total. The Balaban J connectivity index is 2.44. The van der Waals surface area contributed by atoms with E-state index >= 15 is 0 Å². The number of thioether (sulfide) groups is 1. The topological polar surface area (TPSA) is 26.3 Å². The zero-order chi connectivity index (χ0) is 7.56. The van der Waals surface area contributed by atoms with Crippen LogP contribution >= 0.6 is 24.0 Å². The maximum atomic E-state index is 10.9. The molecule has 0 aromatic heterocycles. The van der Waals surface area contributed by atoms with E-state index in [9.17, 15) is 4.79 Å². The van der Waals surface area contributed by atoms with Crippen LogP contribution in [-0.2, 0) is 9.53 Å². The van der Waals surface area contributed by atoms with Gasteiger partial charge in [-0.25, -0.2) is 0 Å². The van der Waals surface area contributed by atoms with Crippen LogP contribution in [-0.4, -0.2) is 23.0 Å². The molecule has 2 nitrogen and oxygen atoms in total. The van der Waals surface area contributed by atoms with Crippen molar-refractivity contribution in [3.8, 4) is 0 Å². The van der Waals surface area contributed by atoms with Crippen molar-refractivity contribution in [1.29, 1.82) is 0 Å². The Morgan fingerprint density at radius 3 is 3.00 bits per heavy atom. The smallest absolute Gasteiger partial charge is 0.309 e. The van der Waals surface area contributed by atoms with Gasteiger partial charge in [-0.05, 0) is 0 Å². The van der Waals surface area contributed by atoms with E-state index in [2.05, 4.69) is 4.74 Å². The van der Waals surface area contributed by atoms with Gasteiger partial charge in [0.1, 0.15) is 0 Å². The van der Waals surface area contributed by atoms with Crippen molar-refractivity contribution in [3.05, 3.63) is 0 Å². The van der Waals surface area contributed by atoms with E-state index in [4.69, 9.17) is 12.2 Å². The molecule has 1 rings (SSSR count). The van der Waals surface area contributed by atoms with Crippen LogP contribution in [0, 0.1) is 5.92 Å². The Labute approximate surface area is 69.3 Å². The molecular formula is C6H8O2S2. The summed E-state index contributed by atoms with van der Waals surface area (Å²) in [6.07, 6.45) is 0.715. The average Bonchev–Trinajstić information content (AvgIpc) is 2.34. The van der Waals surface area contributed by atoms with Crippen LogP contribution in [0.2, 0.25) is 0 Å². The summed E-state index contributed by atoms with van der Waals surface area (Å²) in [5.74, 6) is 0.681. The van der Waals surface area contributed by atoms with Gasteiger partial charge in [0.2, 0.25) is 0 Å². The normalized spacial score (nSPS) is 24.9. The van der Waals surface area contributed by atoms with E-state index in [1.54, 1.807) is 11.8 Å². The Hall–Kier alpha value is -0.0900. The number of hydrogen-bond acceptors (Lipinski definition) is 4. The highest BCUT2D eigenvalue weighted by Crippen LogP contribution is 2.27. The first kappa shape index (κ1) is 8.01. The molecule has 0 aliphatic carbocycles. The highest BCUT2D eigenvalue weighted by Gasteiger charge is 2.27. The number of carbonyl (C=O) groups is 1. The Morgan fingerprint density at radius 2 is 2.60 bits per heavy atom. The molecule has 0 saturated carbocycles. The van der Waals surface area contributed by atoms with Crippen molar-refractivity contribution in [2.75, 3.05) is 12.9 Å². The molecule has 0 spiro atoms. The monoisotopic (exact) mass is 176 g/mol. The second kappa shape index (κ2) is 3.34. The second-order valence-electron chi connectivity index (χ2n) is 2.11. The summed E-state index contributed by atoms with van der Waals surface area (Å²) in [6, 6.07) is 0. The van der Waals surface area contributed by atoms with Crippen LogP contribution in [0.4, 0.5) is 0 Å². The third-order valence-electron chi connectivity index (χ3n) is 1.39. The lowest BCUT2D eigenvalue weighted by Crippen LogP contribution is -2.14. The number of thiocarbonyl (C=S) groups is 1. The maximum absolute atomic E-state index is 10.9. The Morgan fingerprint density at radius 1 is 1.90 bits per heavy atom. The van der Waals surface area contributed by atoms with Crippen LogP contribution < -0.4 is 0 Å². The van der Waals surface area contributed by atoms with Gasteiger partial charge in [0.15, 0.2) is 0 Å². The summed E-state index contributed by atoms with van der Waals surface area (Å²) in [5.41, 5.74) is 0. The molecule has 0 bridgehead atoms. The van der Waals surface area contributed by atoms with Crippen LogP contribution in [0.15, 0.2) is 0 Å². The van der Waals surface area contributed by atoms with Gasteiger partial charge in [-0.1, -0.05) is 12.2 Å². The predicted molar refractivity (Wildman–Crippen MR) is 45.2 cm³/mol. The first-order valence-electron chi connectivity index (χ1n) is 2.97. The fraction of sp³-hybridized carbons (Fsp3) is 0.667. The molecule has 1 unspecified atom stereocenters. The summed E-state index contributed by atoms with van der Waals surface area (Å²) in [4.78, 5) is 10.9. The van der Waals surface area contributed by atoms with Crippen molar-refractivity contribution in [1.82, 2.24) is 0 Å². The number of hydrogen-bond donors (Lipinski definition) is 0. The molecule has 0 amide bonds. The number of esters is 1. The molecule has 1 heterocycles. The minimum atomic E-state index is -0.132. The van der Waals surface area contributed by atoms with Crippen molar-refractivity contribution >= 4 is 34.1 Å². The summed E-state index contributed by atoms with van der Waals surface area (Å²) in [5, 5.41) is 0. The van der Waals surface area contributed by atoms with E-state index in [0.29, 0.717) is 6.42 Å². The van der Waals surface area contributed by atoms with Crippen LogP contribution in [0.25, 0.3) is 0 Å². The van der Waals surface area contributed by atoms with E-state index in [0.717, 1.165) is 9.95 Å². The van der Waals surface area contributed by atoms with E-state index < -0.39 is 0 Å². The first-order valence-corrected chi connectivity index (χ1v) is 4.37. The molecule has 1 atom stereocenters. The van der Waals surface area contributed by atoms with Gasteiger partial charge in [-0.3, -0.25) is 4.79 Å². The Kier molecular flexibility index (Phi) is 2.68. The van der Waals surface area contributed by atoms with Crippen LogP contribution in [0.3, 0.4) is 0 Å². The predicted octanol–water partition coefficient (Wildman–Crippen LogP) is 1.24. The fourth-order valence-corrected chi connectivity index (χ4v) is 2.20. The molecule has 0 aromatic rings. The van der Waals surface area contributed by atoms with Gasteiger partial charge < -0.3 is 4.74 Å². The van der Waals surface area contributed by atoms with Crippen molar-refractivity contribution in [2.45, 2.75) is 6.42 Å². The third kappa shape index (κ3) is 1.70. The van der Waals surface area contributed by atoms with Gasteiger partial charge in [0, 0.05) is 16.4 Å². The summed E-state index contributed by atoms with van der Waals surface area (Å²) in [7, 11) is 1.41. The van der Waals surface area contributed by atoms with Gasteiger partial charge in [-0.2, -0.15) is 0 Å². The highest BCUT2D eigenvalue weighted by atomic mass is 32.2. The highest BCUT2D eigenvalue weighted by molar-refractivity contribution is 8.23. The summed E-state index contributed by atoms with van der Waals surface area (Å²) in [6.45, 7) is 0. The number of ether oxygens (including phenoxy) is 1. The van der Waals surface area contributed by atoms with Gasteiger partial charge in [0.05, 0.1) is 13.0 Å². The minimum absolute atomic E-state index is 0.0162. The minimum Gasteiger partial charge on any atom is -0.469 e. The van der Waals surface area contributed by atoms with Crippen molar-refractivity contribution in [3.63, 3.8) is 0 Å². The van der Waals surface area contributed by atoms with Gasteiger partial charge >= 0.3 is 5.97 Å².